The van der Waals surface area contributed by atoms with Crippen LogP contribution < -0.4 is 4.90 Å². The fourth-order valence-electron chi connectivity index (χ4n) is 3.14. The van der Waals surface area contributed by atoms with Crippen molar-refractivity contribution < 1.29 is 17.5 Å². The smallest absolute Gasteiger partial charge is 0.266 e. The molecule has 10 heteroatoms. The lowest BCUT2D eigenvalue weighted by molar-refractivity contribution is 0.373. The van der Waals surface area contributed by atoms with Gasteiger partial charge in [0, 0.05) is 31.7 Å². The van der Waals surface area contributed by atoms with Crippen molar-refractivity contribution in [3.63, 3.8) is 0 Å². The van der Waals surface area contributed by atoms with E-state index in [2.05, 4.69) is 15.3 Å². The number of sulfonamides is 1. The van der Waals surface area contributed by atoms with Crippen LogP contribution in [0.4, 0.5) is 5.95 Å². The molecular weight excluding hydrogens is 370 g/mol. The Labute approximate surface area is 156 Å². The zero-order chi connectivity index (χ0) is 19.0. The van der Waals surface area contributed by atoms with Crippen LogP contribution in [-0.4, -0.2) is 54.2 Å². The van der Waals surface area contributed by atoms with E-state index < -0.39 is 10.0 Å². The zero-order valence-corrected chi connectivity index (χ0v) is 15.8. The van der Waals surface area contributed by atoms with E-state index in [4.69, 9.17) is 9.05 Å². The topological polar surface area (TPSA) is 106 Å². The van der Waals surface area contributed by atoms with Crippen molar-refractivity contribution in [2.45, 2.75) is 18.7 Å². The molecule has 1 aromatic carbocycles. The van der Waals surface area contributed by atoms with Crippen LogP contribution in [0.1, 0.15) is 11.5 Å². The Morgan fingerprint density at radius 3 is 2.30 bits per heavy atom. The van der Waals surface area contributed by atoms with Gasteiger partial charge in [0.2, 0.25) is 10.0 Å². The molecule has 1 aliphatic heterocycles. The summed E-state index contributed by atoms with van der Waals surface area (Å²) in [5.74, 6) is 1.21. The quantitative estimate of drug-likeness (QED) is 0.666. The molecule has 1 fully saturated rings. The molecule has 4 rings (SSSR count). The van der Waals surface area contributed by atoms with Crippen LogP contribution >= 0.6 is 0 Å². The van der Waals surface area contributed by atoms with Crippen molar-refractivity contribution in [1.29, 1.82) is 0 Å². The third kappa shape index (κ3) is 3.21. The summed E-state index contributed by atoms with van der Waals surface area (Å²) in [5, 5.41) is 7.78. The number of rotatable bonds is 4. The first-order chi connectivity index (χ1) is 13.0. The van der Waals surface area contributed by atoms with E-state index in [0.29, 0.717) is 49.5 Å². The maximum absolute atomic E-state index is 12.9. The van der Waals surface area contributed by atoms with E-state index in [1.807, 2.05) is 35.2 Å². The van der Waals surface area contributed by atoms with Gasteiger partial charge in [0.05, 0.1) is 0 Å². The minimum atomic E-state index is -3.64. The normalized spacial score (nSPS) is 16.0. The van der Waals surface area contributed by atoms with Gasteiger partial charge in [-0.3, -0.25) is 0 Å². The Hall–Kier alpha value is -2.72. The van der Waals surface area contributed by atoms with Crippen LogP contribution in [0.15, 0.2) is 44.3 Å². The molecule has 3 aromatic rings. The van der Waals surface area contributed by atoms with Gasteiger partial charge in [0.15, 0.2) is 5.76 Å². The summed E-state index contributed by atoms with van der Waals surface area (Å²) < 4.78 is 37.5. The van der Waals surface area contributed by atoms with Crippen LogP contribution in [-0.2, 0) is 10.0 Å². The minimum Gasteiger partial charge on any atom is -0.360 e. The molecule has 0 saturated carbocycles. The van der Waals surface area contributed by atoms with Gasteiger partial charge >= 0.3 is 0 Å². The van der Waals surface area contributed by atoms with Gasteiger partial charge in [0.25, 0.3) is 11.8 Å². The highest BCUT2D eigenvalue weighted by atomic mass is 32.2. The molecule has 3 heterocycles. The average molecular weight is 389 g/mol. The molecule has 142 valence electrons. The lowest BCUT2D eigenvalue weighted by atomic mass is 10.2. The number of aromatic nitrogens is 3. The van der Waals surface area contributed by atoms with E-state index >= 15 is 0 Å². The van der Waals surface area contributed by atoms with Crippen molar-refractivity contribution in [2.75, 3.05) is 31.1 Å². The first-order valence-corrected chi connectivity index (χ1v) is 9.98. The molecule has 0 radical (unpaired) electrons. The molecule has 1 aliphatic rings. The van der Waals surface area contributed by atoms with Gasteiger partial charge in [-0.1, -0.05) is 23.4 Å². The highest BCUT2D eigenvalue weighted by Gasteiger charge is 2.34. The summed E-state index contributed by atoms with van der Waals surface area (Å²) in [6, 6.07) is 9.51. The molecule has 9 nitrogen and oxygen atoms in total. The largest absolute Gasteiger partial charge is 0.360 e. The second kappa shape index (κ2) is 6.78. The van der Waals surface area contributed by atoms with Crippen molar-refractivity contribution in [2.24, 2.45) is 0 Å². The molecule has 0 atom stereocenters. The molecule has 0 bridgehead atoms. The predicted octanol–water partition coefficient (Wildman–Crippen LogP) is 1.85. The molecule has 2 aromatic heterocycles. The maximum atomic E-state index is 12.9. The number of hydrogen-bond donors (Lipinski definition) is 0. The number of piperazine rings is 1. The standard InChI is InChI=1S/C17H19N5O4S/c1-12-15(13(2)25-19-12)27(23,24)22-10-8-21(9-11-22)17-18-16(26-20-17)14-6-4-3-5-7-14/h3-7H,8-11H2,1-2H3. The average Bonchev–Trinajstić information content (AvgIpc) is 3.30. The third-order valence-corrected chi connectivity index (χ3v) is 6.67. The molecule has 0 amide bonds. The maximum Gasteiger partial charge on any atom is 0.266 e. The number of aryl methyl sites for hydroxylation is 2. The zero-order valence-electron chi connectivity index (χ0n) is 15.0. The van der Waals surface area contributed by atoms with E-state index in [1.165, 1.54) is 4.31 Å². The Balaban J connectivity index is 1.48. The lowest BCUT2D eigenvalue weighted by Crippen LogP contribution is -2.49. The van der Waals surface area contributed by atoms with E-state index in [-0.39, 0.29) is 4.90 Å². The van der Waals surface area contributed by atoms with E-state index in [1.54, 1.807) is 13.8 Å². The van der Waals surface area contributed by atoms with E-state index in [0.717, 1.165) is 5.56 Å². The van der Waals surface area contributed by atoms with Crippen molar-refractivity contribution in [3.8, 4) is 11.5 Å². The first-order valence-electron chi connectivity index (χ1n) is 8.54. The summed E-state index contributed by atoms with van der Waals surface area (Å²) in [5.41, 5.74) is 1.22. The summed E-state index contributed by atoms with van der Waals surface area (Å²) >= 11 is 0. The van der Waals surface area contributed by atoms with Gasteiger partial charge in [-0.15, -0.1) is 0 Å². The molecule has 0 N–H and O–H groups in total. The minimum absolute atomic E-state index is 0.155. The summed E-state index contributed by atoms with van der Waals surface area (Å²) in [6.45, 7) is 4.81. The second-order valence-corrected chi connectivity index (χ2v) is 8.18. The lowest BCUT2D eigenvalue weighted by Gasteiger charge is -2.32. The van der Waals surface area contributed by atoms with Gasteiger partial charge in [0.1, 0.15) is 10.6 Å². The number of anilines is 1. The molecule has 1 saturated heterocycles. The Morgan fingerprint density at radius 1 is 0.963 bits per heavy atom. The second-order valence-electron chi connectivity index (χ2n) is 6.31. The predicted molar refractivity (Wildman–Crippen MR) is 96.7 cm³/mol. The van der Waals surface area contributed by atoms with Gasteiger partial charge in [-0.2, -0.15) is 9.29 Å². The first kappa shape index (κ1) is 17.7. The Bertz CT molecular complexity index is 1020. The molecule has 0 spiro atoms. The monoisotopic (exact) mass is 389 g/mol. The van der Waals surface area contributed by atoms with Crippen LogP contribution in [0.2, 0.25) is 0 Å². The van der Waals surface area contributed by atoms with Crippen molar-refractivity contribution >= 4 is 16.0 Å². The third-order valence-electron chi connectivity index (χ3n) is 4.52. The summed E-state index contributed by atoms with van der Waals surface area (Å²) in [7, 11) is -3.64. The Kier molecular flexibility index (Phi) is 4.44. The highest BCUT2D eigenvalue weighted by molar-refractivity contribution is 7.89. The van der Waals surface area contributed by atoms with Crippen molar-refractivity contribution in [3.05, 3.63) is 41.8 Å². The van der Waals surface area contributed by atoms with Gasteiger partial charge < -0.3 is 13.9 Å². The fourth-order valence-corrected chi connectivity index (χ4v) is 4.86. The van der Waals surface area contributed by atoms with Crippen LogP contribution in [0.25, 0.3) is 11.5 Å². The molecule has 0 unspecified atom stereocenters. The van der Waals surface area contributed by atoms with Crippen LogP contribution in [0.5, 0.6) is 0 Å². The van der Waals surface area contributed by atoms with Gasteiger partial charge in [-0.25, -0.2) is 8.42 Å². The summed E-state index contributed by atoms with van der Waals surface area (Å²) in [4.78, 5) is 6.49. The van der Waals surface area contributed by atoms with Crippen LogP contribution in [0, 0.1) is 13.8 Å². The van der Waals surface area contributed by atoms with Gasteiger partial charge in [-0.05, 0) is 31.1 Å². The Morgan fingerprint density at radius 2 is 1.67 bits per heavy atom. The highest BCUT2D eigenvalue weighted by Crippen LogP contribution is 2.25. The van der Waals surface area contributed by atoms with Crippen LogP contribution in [0.3, 0.4) is 0 Å². The molecule has 27 heavy (non-hydrogen) atoms. The summed E-state index contributed by atoms with van der Waals surface area (Å²) in [6.07, 6.45) is 0. The molecule has 0 aliphatic carbocycles. The number of hydrogen-bond acceptors (Lipinski definition) is 8. The van der Waals surface area contributed by atoms with Crippen molar-refractivity contribution in [1.82, 2.24) is 19.6 Å². The van der Waals surface area contributed by atoms with E-state index in [9.17, 15) is 8.42 Å². The number of benzene rings is 1. The SMILES string of the molecule is Cc1noc(C)c1S(=O)(=O)N1CCN(c2noc(-c3ccccc3)n2)CC1. The fraction of sp³-hybridized carbons (Fsp3) is 0.353. The molecular formula is C17H19N5O4S. The number of nitrogens with zero attached hydrogens (tertiary/aromatic N) is 5.